The number of nitrogens with one attached hydrogen (secondary N) is 1. The van der Waals surface area contributed by atoms with Crippen molar-refractivity contribution in [1.82, 2.24) is 0 Å². The molecule has 0 atom stereocenters. The molecule has 2 amide bonds. The average Bonchev–Trinajstić information content (AvgIpc) is 3.31. The molecule has 1 aromatic heterocycles. The number of anilines is 2. The van der Waals surface area contributed by atoms with Gasteiger partial charge in [0.2, 0.25) is 0 Å². The number of hydrogen-bond acceptors (Lipinski definition) is 4. The predicted octanol–water partition coefficient (Wildman–Crippen LogP) is 5.72. The lowest BCUT2D eigenvalue weighted by molar-refractivity contribution is -0.120. The molecule has 0 saturated heterocycles. The average molecular weight is 438 g/mol. The Labute approximate surface area is 182 Å². The molecule has 0 fully saturated rings. The molecule has 0 radical (unpaired) electrons. The zero-order chi connectivity index (χ0) is 22.3. The maximum absolute atomic E-state index is 13.8. The molecule has 1 aliphatic heterocycles. The van der Waals surface area contributed by atoms with Crippen molar-refractivity contribution >= 4 is 40.1 Å². The molecule has 1 N–H and O–H groups in total. The number of hydrogen-bond donors (Lipinski definition) is 1. The topological polar surface area (TPSA) is 49.4 Å². The molecule has 158 valence electrons. The lowest BCUT2D eigenvalue weighted by Crippen LogP contribution is -2.32. The Morgan fingerprint density at radius 3 is 2.19 bits per heavy atom. The summed E-state index contributed by atoms with van der Waals surface area (Å²) in [6.07, 6.45) is 0. The SMILES string of the molecule is CC(C)(C)c1ccc(NC2=C(c3cccs3)C(=O)N(c3ccc(F)c(F)c3)C2=O)cc1. The molecule has 0 bridgehead atoms. The van der Waals surface area contributed by atoms with E-state index in [1.54, 1.807) is 17.5 Å². The fourth-order valence-corrected chi connectivity index (χ4v) is 4.12. The Hall–Kier alpha value is -3.32. The van der Waals surface area contributed by atoms with Gasteiger partial charge in [0.15, 0.2) is 11.6 Å². The number of carbonyl (C=O) groups excluding carboxylic acids is 2. The fourth-order valence-electron chi connectivity index (χ4n) is 3.35. The van der Waals surface area contributed by atoms with E-state index in [0.717, 1.165) is 22.6 Å². The van der Waals surface area contributed by atoms with Crippen molar-refractivity contribution in [3.63, 3.8) is 0 Å². The van der Waals surface area contributed by atoms with Gasteiger partial charge in [-0.2, -0.15) is 0 Å². The number of imide groups is 1. The second-order valence-corrected chi connectivity index (χ2v) is 9.17. The first kappa shape index (κ1) is 20.9. The van der Waals surface area contributed by atoms with E-state index < -0.39 is 23.4 Å². The maximum Gasteiger partial charge on any atom is 0.282 e. The Morgan fingerprint density at radius 1 is 0.903 bits per heavy atom. The van der Waals surface area contributed by atoms with Crippen LogP contribution in [0.25, 0.3) is 5.57 Å². The van der Waals surface area contributed by atoms with Crippen LogP contribution in [0.15, 0.2) is 65.7 Å². The summed E-state index contributed by atoms with van der Waals surface area (Å²) in [5, 5.41) is 4.87. The number of benzene rings is 2. The summed E-state index contributed by atoms with van der Waals surface area (Å²) in [6.45, 7) is 6.31. The van der Waals surface area contributed by atoms with Crippen molar-refractivity contribution in [3.05, 3.63) is 87.7 Å². The normalized spacial score (nSPS) is 14.5. The molecular weight excluding hydrogens is 418 g/mol. The number of carbonyl (C=O) groups is 2. The maximum atomic E-state index is 13.8. The first-order valence-electron chi connectivity index (χ1n) is 9.66. The van der Waals surface area contributed by atoms with Gasteiger partial charge in [0.05, 0.1) is 11.3 Å². The van der Waals surface area contributed by atoms with E-state index in [1.165, 1.54) is 17.4 Å². The summed E-state index contributed by atoms with van der Waals surface area (Å²) < 4.78 is 27.2. The van der Waals surface area contributed by atoms with Gasteiger partial charge in [0.25, 0.3) is 11.8 Å². The van der Waals surface area contributed by atoms with Gasteiger partial charge in [-0.3, -0.25) is 9.59 Å². The van der Waals surface area contributed by atoms with Gasteiger partial charge in [-0.1, -0.05) is 39.0 Å². The minimum atomic E-state index is -1.13. The minimum Gasteiger partial charge on any atom is -0.350 e. The van der Waals surface area contributed by atoms with Gasteiger partial charge in [-0.05, 0) is 46.7 Å². The summed E-state index contributed by atoms with van der Waals surface area (Å²) in [6, 6.07) is 14.1. The van der Waals surface area contributed by atoms with Gasteiger partial charge in [-0.25, -0.2) is 13.7 Å². The van der Waals surface area contributed by atoms with Gasteiger partial charge >= 0.3 is 0 Å². The first-order valence-corrected chi connectivity index (χ1v) is 10.5. The van der Waals surface area contributed by atoms with Gasteiger partial charge < -0.3 is 5.32 Å². The van der Waals surface area contributed by atoms with Crippen molar-refractivity contribution in [2.75, 3.05) is 10.2 Å². The van der Waals surface area contributed by atoms with Crippen LogP contribution < -0.4 is 10.2 Å². The van der Waals surface area contributed by atoms with Gasteiger partial charge in [-0.15, -0.1) is 11.3 Å². The monoisotopic (exact) mass is 438 g/mol. The summed E-state index contributed by atoms with van der Waals surface area (Å²) in [4.78, 5) is 27.9. The van der Waals surface area contributed by atoms with Crippen LogP contribution in [0.3, 0.4) is 0 Å². The third kappa shape index (κ3) is 3.88. The summed E-state index contributed by atoms with van der Waals surface area (Å²) in [5.74, 6) is -3.40. The third-order valence-corrected chi connectivity index (χ3v) is 5.92. The Morgan fingerprint density at radius 2 is 1.61 bits per heavy atom. The Bertz CT molecular complexity index is 1190. The minimum absolute atomic E-state index is 0.0252. The van der Waals surface area contributed by atoms with E-state index in [0.29, 0.717) is 10.6 Å². The van der Waals surface area contributed by atoms with Crippen LogP contribution in [0.4, 0.5) is 20.2 Å². The molecule has 0 saturated carbocycles. The molecule has 4 nitrogen and oxygen atoms in total. The van der Waals surface area contributed by atoms with Crippen molar-refractivity contribution in [2.45, 2.75) is 26.2 Å². The number of rotatable bonds is 4. The van der Waals surface area contributed by atoms with E-state index in [9.17, 15) is 18.4 Å². The highest BCUT2D eigenvalue weighted by molar-refractivity contribution is 7.11. The predicted molar refractivity (Wildman–Crippen MR) is 119 cm³/mol. The molecule has 2 heterocycles. The summed E-state index contributed by atoms with van der Waals surface area (Å²) >= 11 is 1.32. The van der Waals surface area contributed by atoms with Crippen LogP contribution in [-0.2, 0) is 15.0 Å². The quantitative estimate of drug-likeness (QED) is 0.530. The van der Waals surface area contributed by atoms with Crippen LogP contribution in [0.2, 0.25) is 0 Å². The number of amides is 2. The molecule has 0 aliphatic carbocycles. The second-order valence-electron chi connectivity index (χ2n) is 8.22. The lowest BCUT2D eigenvalue weighted by Gasteiger charge is -2.19. The fraction of sp³-hybridized carbons (Fsp3) is 0.167. The molecule has 2 aromatic carbocycles. The highest BCUT2D eigenvalue weighted by Gasteiger charge is 2.41. The zero-order valence-electron chi connectivity index (χ0n) is 17.2. The van der Waals surface area contributed by atoms with E-state index in [4.69, 9.17) is 0 Å². The van der Waals surface area contributed by atoms with Gasteiger partial charge in [0.1, 0.15) is 5.70 Å². The Kier molecular flexibility index (Phi) is 5.23. The first-order chi connectivity index (χ1) is 14.7. The largest absolute Gasteiger partial charge is 0.350 e. The van der Waals surface area contributed by atoms with Crippen molar-refractivity contribution in [3.8, 4) is 0 Å². The van der Waals surface area contributed by atoms with Crippen LogP contribution in [-0.4, -0.2) is 11.8 Å². The number of thiophene rings is 1. The third-order valence-electron chi connectivity index (χ3n) is 5.03. The highest BCUT2D eigenvalue weighted by Crippen LogP contribution is 2.36. The van der Waals surface area contributed by atoms with E-state index in [-0.39, 0.29) is 22.4 Å². The number of nitrogens with zero attached hydrogens (tertiary/aromatic N) is 1. The van der Waals surface area contributed by atoms with E-state index >= 15 is 0 Å². The zero-order valence-corrected chi connectivity index (χ0v) is 18.0. The van der Waals surface area contributed by atoms with Crippen LogP contribution >= 0.6 is 11.3 Å². The summed E-state index contributed by atoms with van der Waals surface area (Å²) in [7, 11) is 0. The van der Waals surface area contributed by atoms with Crippen LogP contribution in [0.1, 0.15) is 31.2 Å². The van der Waals surface area contributed by atoms with Crippen molar-refractivity contribution in [1.29, 1.82) is 0 Å². The van der Waals surface area contributed by atoms with Gasteiger partial charge in [0, 0.05) is 16.6 Å². The van der Waals surface area contributed by atoms with E-state index in [2.05, 4.69) is 26.1 Å². The Balaban J connectivity index is 1.74. The molecule has 4 rings (SSSR count). The summed E-state index contributed by atoms with van der Waals surface area (Å²) in [5.41, 5.74) is 2.02. The van der Waals surface area contributed by atoms with Crippen molar-refractivity contribution in [2.24, 2.45) is 0 Å². The molecule has 7 heteroatoms. The molecule has 0 unspecified atom stereocenters. The molecule has 31 heavy (non-hydrogen) atoms. The van der Waals surface area contributed by atoms with Crippen molar-refractivity contribution < 1.29 is 18.4 Å². The molecule has 0 spiro atoms. The van der Waals surface area contributed by atoms with E-state index in [1.807, 2.05) is 24.3 Å². The molecular formula is C24H20F2N2O2S. The smallest absolute Gasteiger partial charge is 0.282 e. The molecule has 3 aromatic rings. The standard InChI is InChI=1S/C24H20F2N2O2S/c1-24(2,3)14-6-8-15(9-7-14)27-21-20(19-5-4-12-31-19)22(29)28(23(21)30)16-10-11-17(25)18(26)13-16/h4-13,27H,1-3H3. The van der Waals surface area contributed by atoms with Crippen LogP contribution in [0.5, 0.6) is 0 Å². The second kappa shape index (κ2) is 7.74. The number of halogens is 2. The van der Waals surface area contributed by atoms with Crippen LogP contribution in [0, 0.1) is 11.6 Å². The molecule has 1 aliphatic rings. The highest BCUT2D eigenvalue weighted by atomic mass is 32.1. The lowest BCUT2D eigenvalue weighted by atomic mass is 9.87.